The van der Waals surface area contributed by atoms with Crippen molar-refractivity contribution in [2.45, 2.75) is 109 Å². The van der Waals surface area contributed by atoms with Crippen LogP contribution in [0, 0.1) is 5.92 Å². The molecule has 1 aliphatic carbocycles. The number of carbonyl (C=O) groups excluding carboxylic acids is 3. The predicted octanol–water partition coefficient (Wildman–Crippen LogP) is 7.17. The van der Waals surface area contributed by atoms with Gasteiger partial charge in [0.25, 0.3) is 0 Å². The monoisotopic (exact) mass is 849 g/mol. The molecule has 4 N–H and O–H groups in total. The number of thiazole rings is 1. The third kappa shape index (κ3) is 13.7. The van der Waals surface area contributed by atoms with Gasteiger partial charge in [-0.25, -0.2) is 9.78 Å². The number of rotatable bonds is 24. The number of nitrogens with two attached hydrogens (primary N) is 1. The number of ether oxygens (including phenoxy) is 4. The number of carboxylic acid groups (broad SMARTS) is 1. The summed E-state index contributed by atoms with van der Waals surface area (Å²) in [6.45, 7) is 7.30. The number of unbranched alkanes of at least 4 members (excludes halogenated alkanes) is 2. The van der Waals surface area contributed by atoms with Crippen LogP contribution in [0.3, 0.4) is 0 Å². The van der Waals surface area contributed by atoms with Gasteiger partial charge < -0.3 is 40.0 Å². The Morgan fingerprint density at radius 1 is 0.867 bits per heavy atom. The molecule has 2 heterocycles. The van der Waals surface area contributed by atoms with Crippen molar-refractivity contribution >= 4 is 35.0 Å². The summed E-state index contributed by atoms with van der Waals surface area (Å²) >= 11 is 1.28. The van der Waals surface area contributed by atoms with Crippen LogP contribution in [-0.4, -0.2) is 109 Å². The second kappa shape index (κ2) is 24.0. The first kappa shape index (κ1) is 46.5. The van der Waals surface area contributed by atoms with E-state index in [0.717, 1.165) is 80.4 Å². The summed E-state index contributed by atoms with van der Waals surface area (Å²) in [5.74, 6) is 0.516. The number of ketones is 1. The molecule has 2 fully saturated rings. The summed E-state index contributed by atoms with van der Waals surface area (Å²) in [6, 6.07) is 12.9. The van der Waals surface area contributed by atoms with Crippen LogP contribution >= 0.6 is 11.3 Å². The Morgan fingerprint density at radius 3 is 2.30 bits per heavy atom. The highest BCUT2D eigenvalue weighted by atomic mass is 32.1. The number of hydrogen-bond donors (Lipinski definition) is 3. The number of nitrogens with zero attached hydrogens (tertiary/aromatic N) is 3. The molecule has 2 aliphatic rings. The van der Waals surface area contributed by atoms with E-state index in [2.05, 4.69) is 10.3 Å². The van der Waals surface area contributed by atoms with Crippen LogP contribution in [0.4, 0.5) is 4.79 Å². The summed E-state index contributed by atoms with van der Waals surface area (Å²) in [4.78, 5) is 60.4. The van der Waals surface area contributed by atoms with E-state index in [9.17, 15) is 24.3 Å². The van der Waals surface area contributed by atoms with E-state index >= 15 is 0 Å². The van der Waals surface area contributed by atoms with Crippen LogP contribution in [0.25, 0.3) is 0 Å². The average Bonchev–Trinajstić information content (AvgIpc) is 3.96. The molecule has 5 rings (SSSR count). The molecule has 328 valence electrons. The average molecular weight is 850 g/mol. The van der Waals surface area contributed by atoms with E-state index in [1.807, 2.05) is 31.2 Å². The number of aromatic nitrogens is 1. The quantitative estimate of drug-likeness (QED) is 0.0614. The molecule has 4 atom stereocenters. The fourth-order valence-corrected chi connectivity index (χ4v) is 8.62. The normalized spacial score (nSPS) is 17.1. The van der Waals surface area contributed by atoms with Gasteiger partial charge >= 0.3 is 6.09 Å². The van der Waals surface area contributed by atoms with E-state index < -0.39 is 24.1 Å². The van der Waals surface area contributed by atoms with Crippen LogP contribution in [0.1, 0.15) is 122 Å². The van der Waals surface area contributed by atoms with E-state index in [0.29, 0.717) is 73.8 Å². The van der Waals surface area contributed by atoms with Gasteiger partial charge in [-0.2, -0.15) is 0 Å². The SMILES string of the molecule is CC(N)c1cccc(OCCCCCOCCCOCCOc2cccc(C(=O)c3cnc([C@@H]4CCCN4C(=O)C(NC(=O)C(C)N(C)C(=O)O)C4CCCCC4)s3)c2)c1. The number of nitrogens with one attached hydrogen (secondary N) is 1. The summed E-state index contributed by atoms with van der Waals surface area (Å²) in [7, 11) is 1.34. The highest BCUT2D eigenvalue weighted by Gasteiger charge is 2.40. The lowest BCUT2D eigenvalue weighted by atomic mass is 9.83. The molecule has 3 amide bonds. The number of benzene rings is 2. The Labute approximate surface area is 358 Å². The largest absolute Gasteiger partial charge is 0.494 e. The van der Waals surface area contributed by atoms with E-state index in [4.69, 9.17) is 24.7 Å². The number of carbonyl (C=O) groups is 4. The van der Waals surface area contributed by atoms with Crippen LogP contribution < -0.4 is 20.5 Å². The Bertz CT molecular complexity index is 1830. The molecule has 14 nitrogen and oxygen atoms in total. The van der Waals surface area contributed by atoms with Gasteiger partial charge in [-0.1, -0.05) is 43.5 Å². The molecule has 3 aromatic rings. The first-order valence-corrected chi connectivity index (χ1v) is 22.3. The molecular weight excluding hydrogens is 787 g/mol. The molecule has 1 aliphatic heterocycles. The van der Waals surface area contributed by atoms with E-state index in [1.54, 1.807) is 35.4 Å². The zero-order valence-electron chi connectivity index (χ0n) is 35.4. The molecule has 60 heavy (non-hydrogen) atoms. The highest BCUT2D eigenvalue weighted by molar-refractivity contribution is 7.13. The minimum atomic E-state index is -1.22. The Balaban J connectivity index is 1.01. The summed E-state index contributed by atoms with van der Waals surface area (Å²) in [6.07, 6.45) is 10.2. The van der Waals surface area contributed by atoms with Crippen molar-refractivity contribution in [1.82, 2.24) is 20.1 Å². The first-order valence-electron chi connectivity index (χ1n) is 21.5. The Hall–Kier alpha value is -4.57. The van der Waals surface area contributed by atoms with Gasteiger partial charge in [0.05, 0.1) is 24.1 Å². The van der Waals surface area contributed by atoms with Crippen molar-refractivity contribution in [3.8, 4) is 11.5 Å². The van der Waals surface area contributed by atoms with Crippen LogP contribution in [0.5, 0.6) is 11.5 Å². The number of amides is 3. The second-order valence-electron chi connectivity index (χ2n) is 15.8. The van der Waals surface area contributed by atoms with Crippen molar-refractivity contribution in [2.24, 2.45) is 11.7 Å². The first-order chi connectivity index (χ1) is 29.0. The minimum Gasteiger partial charge on any atom is -0.494 e. The van der Waals surface area contributed by atoms with Gasteiger partial charge in [0, 0.05) is 51.2 Å². The molecule has 1 saturated carbocycles. The summed E-state index contributed by atoms with van der Waals surface area (Å²) in [5.41, 5.74) is 7.49. The predicted molar refractivity (Wildman–Crippen MR) is 230 cm³/mol. The maximum Gasteiger partial charge on any atom is 0.407 e. The van der Waals surface area contributed by atoms with E-state index in [1.165, 1.54) is 25.3 Å². The molecule has 0 spiro atoms. The molecular formula is C45H63N5O9S. The van der Waals surface area contributed by atoms with Crippen LogP contribution in [0.2, 0.25) is 0 Å². The standard InChI is InChI=1S/C45H63N5O9S/c1-31(46)34-16-10-18-36(28-34)58-25-9-5-8-22-56-23-13-24-57-26-27-59-37-19-11-17-35(29-37)41(51)39-30-47-43(60-39)38-20-12-21-50(38)44(53)40(33-14-6-4-7-15-33)48-42(52)32(2)49(3)45(54)55/h10-11,16-19,28-33,38,40H,4-9,12-15,20-27,46H2,1-3H3,(H,48,52)(H,54,55)/t31?,32?,38-,40?/m0/s1. The maximum absolute atomic E-state index is 14.2. The molecule has 1 saturated heterocycles. The van der Waals surface area contributed by atoms with Gasteiger partial charge in [-0.15, -0.1) is 11.3 Å². The second-order valence-corrected chi connectivity index (χ2v) is 16.8. The molecule has 0 bridgehead atoms. The van der Waals surface area contributed by atoms with Gasteiger partial charge in [0.2, 0.25) is 17.6 Å². The van der Waals surface area contributed by atoms with Gasteiger partial charge in [0.1, 0.15) is 35.2 Å². The summed E-state index contributed by atoms with van der Waals surface area (Å²) in [5, 5.41) is 13.0. The third-order valence-electron chi connectivity index (χ3n) is 11.3. The van der Waals surface area contributed by atoms with Gasteiger partial charge in [-0.05, 0) is 101 Å². The summed E-state index contributed by atoms with van der Waals surface area (Å²) < 4.78 is 23.2. The highest BCUT2D eigenvalue weighted by Crippen LogP contribution is 2.37. The third-order valence-corrected chi connectivity index (χ3v) is 12.4. The Kier molecular flexibility index (Phi) is 18.6. The van der Waals surface area contributed by atoms with Gasteiger partial charge in [0.15, 0.2) is 0 Å². The fraction of sp³-hybridized carbons (Fsp3) is 0.578. The minimum absolute atomic E-state index is 0.0125. The maximum atomic E-state index is 14.2. The van der Waals surface area contributed by atoms with Gasteiger partial charge in [-0.3, -0.25) is 19.3 Å². The zero-order valence-corrected chi connectivity index (χ0v) is 36.2. The van der Waals surface area contributed by atoms with Crippen molar-refractivity contribution in [3.05, 3.63) is 75.7 Å². The van der Waals surface area contributed by atoms with Crippen LogP contribution in [-0.2, 0) is 19.1 Å². The van der Waals surface area contributed by atoms with Crippen molar-refractivity contribution in [3.63, 3.8) is 0 Å². The number of likely N-dealkylation sites (tertiary alicyclic amines) is 1. The van der Waals surface area contributed by atoms with Crippen molar-refractivity contribution < 1.29 is 43.2 Å². The lowest BCUT2D eigenvalue weighted by Crippen LogP contribution is -2.56. The van der Waals surface area contributed by atoms with E-state index in [-0.39, 0.29) is 29.7 Å². The number of likely N-dealkylation sites (N-methyl/N-ethyl adjacent to an activating group) is 1. The van der Waals surface area contributed by atoms with Crippen molar-refractivity contribution in [2.75, 3.05) is 53.2 Å². The lowest BCUT2D eigenvalue weighted by Gasteiger charge is -2.35. The smallest absolute Gasteiger partial charge is 0.407 e. The Morgan fingerprint density at radius 2 is 1.55 bits per heavy atom. The number of hydrogen-bond acceptors (Lipinski definition) is 11. The molecule has 0 radical (unpaired) electrons. The van der Waals surface area contributed by atoms with Crippen LogP contribution in [0.15, 0.2) is 54.7 Å². The van der Waals surface area contributed by atoms with Crippen molar-refractivity contribution in [1.29, 1.82) is 0 Å². The molecule has 15 heteroatoms. The zero-order chi connectivity index (χ0) is 42.9. The fourth-order valence-electron chi connectivity index (χ4n) is 7.59. The molecule has 1 aromatic heterocycles. The molecule has 3 unspecified atom stereocenters. The topological polar surface area (TPSA) is 183 Å². The lowest BCUT2D eigenvalue weighted by molar-refractivity contribution is -0.140. The molecule has 2 aromatic carbocycles.